The average Bonchev–Trinajstić information content (AvgIpc) is 2.37. The van der Waals surface area contributed by atoms with E-state index in [1.165, 1.54) is 13.0 Å². The number of carbonyl (C=O) groups is 1. The summed E-state index contributed by atoms with van der Waals surface area (Å²) in [7, 11) is -4.19. The molecule has 8 nitrogen and oxygen atoms in total. The van der Waals surface area contributed by atoms with E-state index in [0.717, 1.165) is 6.07 Å². The van der Waals surface area contributed by atoms with Gasteiger partial charge in [0.15, 0.2) is 0 Å². The Hall–Kier alpha value is -2.00. The number of hydrogen-bond donors (Lipinski definition) is 2. The number of nitrogens with one attached hydrogen (secondary N) is 1. The van der Waals surface area contributed by atoms with Crippen molar-refractivity contribution in [2.45, 2.75) is 38.6 Å². The van der Waals surface area contributed by atoms with Gasteiger partial charge in [-0.05, 0) is 30.9 Å². The van der Waals surface area contributed by atoms with Gasteiger partial charge < -0.3 is 5.11 Å². The van der Waals surface area contributed by atoms with Gasteiger partial charge in [0, 0.05) is 12.1 Å². The first kappa shape index (κ1) is 18.1. The second-order valence-corrected chi connectivity index (χ2v) is 7.01. The van der Waals surface area contributed by atoms with E-state index < -0.39 is 32.9 Å². The smallest absolute Gasteiger partial charge is 0.322 e. The summed E-state index contributed by atoms with van der Waals surface area (Å²) in [5.74, 6) is -1.79. The fraction of sp³-hybridized carbons (Fsp3) is 0.462. The minimum absolute atomic E-state index is 0.286. The van der Waals surface area contributed by atoms with E-state index in [2.05, 4.69) is 4.72 Å². The van der Waals surface area contributed by atoms with E-state index >= 15 is 0 Å². The van der Waals surface area contributed by atoms with Crippen LogP contribution in [0.2, 0.25) is 0 Å². The third-order valence-corrected chi connectivity index (χ3v) is 4.89. The molecule has 0 aromatic heterocycles. The second-order valence-electron chi connectivity index (χ2n) is 5.32. The number of nitro groups is 1. The van der Waals surface area contributed by atoms with Gasteiger partial charge in [-0.1, -0.05) is 13.8 Å². The maximum absolute atomic E-state index is 12.4. The molecule has 0 saturated heterocycles. The standard InChI is InChI=1S/C13H18N2O6S/c1-7(2)12(13(16)17)14-22(20,21)11-6-10(15(18)19)5-8(3)9(11)4/h5-7,12,14H,1-4H3,(H,16,17). The molecule has 0 aliphatic carbocycles. The molecule has 0 saturated carbocycles. The molecule has 0 amide bonds. The number of nitrogens with zero attached hydrogens (tertiary/aromatic N) is 1. The van der Waals surface area contributed by atoms with Crippen LogP contribution in [0.15, 0.2) is 17.0 Å². The van der Waals surface area contributed by atoms with Crippen LogP contribution < -0.4 is 4.72 Å². The van der Waals surface area contributed by atoms with E-state index in [9.17, 15) is 23.3 Å². The van der Waals surface area contributed by atoms with Crippen LogP contribution in [-0.4, -0.2) is 30.5 Å². The molecule has 0 heterocycles. The summed E-state index contributed by atoms with van der Waals surface area (Å²) in [5.41, 5.74) is 0.414. The third-order valence-electron chi connectivity index (χ3n) is 3.32. The van der Waals surface area contributed by atoms with Crippen molar-refractivity contribution < 1.29 is 23.2 Å². The maximum atomic E-state index is 12.4. The fourth-order valence-electron chi connectivity index (χ4n) is 1.90. The monoisotopic (exact) mass is 330 g/mol. The number of sulfonamides is 1. The molecule has 0 spiro atoms. The van der Waals surface area contributed by atoms with Crippen LogP contribution >= 0.6 is 0 Å². The zero-order valence-electron chi connectivity index (χ0n) is 12.7. The van der Waals surface area contributed by atoms with Gasteiger partial charge in [0.1, 0.15) is 6.04 Å². The van der Waals surface area contributed by atoms with E-state index in [0.29, 0.717) is 11.1 Å². The molecule has 0 bridgehead atoms. The van der Waals surface area contributed by atoms with Crippen LogP contribution in [0.5, 0.6) is 0 Å². The molecule has 0 aliphatic rings. The van der Waals surface area contributed by atoms with Crippen molar-refractivity contribution in [1.82, 2.24) is 4.72 Å². The summed E-state index contributed by atoms with van der Waals surface area (Å²) in [4.78, 5) is 21.0. The van der Waals surface area contributed by atoms with Crippen molar-refractivity contribution in [2.24, 2.45) is 5.92 Å². The molecule has 1 rings (SSSR count). The minimum Gasteiger partial charge on any atom is -0.480 e. The van der Waals surface area contributed by atoms with Crippen LogP contribution in [0.25, 0.3) is 0 Å². The summed E-state index contributed by atoms with van der Waals surface area (Å²) in [6.07, 6.45) is 0. The van der Waals surface area contributed by atoms with Crippen LogP contribution in [0, 0.1) is 29.9 Å². The van der Waals surface area contributed by atoms with Gasteiger partial charge in [0.25, 0.3) is 5.69 Å². The Balaban J connectivity index is 3.40. The summed E-state index contributed by atoms with van der Waals surface area (Å²) >= 11 is 0. The molecule has 1 unspecified atom stereocenters. The van der Waals surface area contributed by atoms with Gasteiger partial charge in [-0.2, -0.15) is 4.72 Å². The zero-order valence-corrected chi connectivity index (χ0v) is 13.5. The number of hydrogen-bond acceptors (Lipinski definition) is 5. The number of aryl methyl sites for hydroxylation is 1. The lowest BCUT2D eigenvalue weighted by atomic mass is 10.1. The Morgan fingerprint density at radius 2 is 1.86 bits per heavy atom. The second kappa shape index (κ2) is 6.41. The Kier molecular flexibility index (Phi) is 5.26. The summed E-state index contributed by atoms with van der Waals surface area (Å²) in [6.45, 7) is 6.19. The van der Waals surface area contributed by atoms with Crippen molar-refractivity contribution in [3.8, 4) is 0 Å². The van der Waals surface area contributed by atoms with Gasteiger partial charge >= 0.3 is 5.97 Å². The molecule has 122 valence electrons. The highest BCUT2D eigenvalue weighted by Crippen LogP contribution is 2.25. The summed E-state index contributed by atoms with van der Waals surface area (Å²) < 4.78 is 26.9. The van der Waals surface area contributed by atoms with Gasteiger partial charge in [-0.15, -0.1) is 0 Å². The molecular weight excluding hydrogens is 312 g/mol. The van der Waals surface area contributed by atoms with Gasteiger partial charge in [0.05, 0.1) is 9.82 Å². The SMILES string of the molecule is Cc1cc([N+](=O)[O-])cc(S(=O)(=O)NC(C(=O)O)C(C)C)c1C. The van der Waals surface area contributed by atoms with Crippen molar-refractivity contribution in [3.05, 3.63) is 33.4 Å². The van der Waals surface area contributed by atoms with Gasteiger partial charge in [-0.25, -0.2) is 8.42 Å². The van der Waals surface area contributed by atoms with Gasteiger partial charge in [0.2, 0.25) is 10.0 Å². The van der Waals surface area contributed by atoms with E-state index in [1.807, 2.05) is 0 Å². The Bertz CT molecular complexity index is 711. The van der Waals surface area contributed by atoms with Crippen LogP contribution in [0.4, 0.5) is 5.69 Å². The fourth-order valence-corrected chi connectivity index (χ4v) is 3.57. The number of carboxylic acid groups (broad SMARTS) is 1. The molecule has 22 heavy (non-hydrogen) atoms. The van der Waals surface area contributed by atoms with Crippen molar-refractivity contribution >= 4 is 21.7 Å². The van der Waals surface area contributed by atoms with E-state index in [1.54, 1.807) is 20.8 Å². The highest BCUT2D eigenvalue weighted by Gasteiger charge is 2.30. The highest BCUT2D eigenvalue weighted by molar-refractivity contribution is 7.89. The number of aliphatic carboxylic acids is 1. The van der Waals surface area contributed by atoms with Crippen molar-refractivity contribution in [1.29, 1.82) is 0 Å². The zero-order chi connectivity index (χ0) is 17.2. The normalized spacial score (nSPS) is 13.1. The number of nitro benzene ring substituents is 1. The largest absolute Gasteiger partial charge is 0.480 e. The van der Waals surface area contributed by atoms with Gasteiger partial charge in [-0.3, -0.25) is 14.9 Å². The third kappa shape index (κ3) is 3.80. The lowest BCUT2D eigenvalue weighted by molar-refractivity contribution is -0.385. The summed E-state index contributed by atoms with van der Waals surface area (Å²) in [5, 5.41) is 20.0. The van der Waals surface area contributed by atoms with E-state index in [-0.39, 0.29) is 10.6 Å². The summed E-state index contributed by atoms with van der Waals surface area (Å²) in [6, 6.07) is 0.888. The first-order chi connectivity index (χ1) is 9.97. The first-order valence-electron chi connectivity index (χ1n) is 6.48. The number of rotatable bonds is 6. The number of carboxylic acids is 1. The minimum atomic E-state index is -4.19. The first-order valence-corrected chi connectivity index (χ1v) is 7.96. The van der Waals surface area contributed by atoms with Crippen molar-refractivity contribution in [3.63, 3.8) is 0 Å². The molecule has 2 N–H and O–H groups in total. The topological polar surface area (TPSA) is 127 Å². The molecule has 0 radical (unpaired) electrons. The lowest BCUT2D eigenvalue weighted by Crippen LogP contribution is -2.44. The average molecular weight is 330 g/mol. The Morgan fingerprint density at radius 1 is 1.32 bits per heavy atom. The molecule has 1 atom stereocenters. The molecule has 0 fully saturated rings. The quantitative estimate of drug-likeness (QED) is 0.602. The predicted molar refractivity (Wildman–Crippen MR) is 79.2 cm³/mol. The highest BCUT2D eigenvalue weighted by atomic mass is 32.2. The predicted octanol–water partition coefficient (Wildman–Crippen LogP) is 1.60. The molecule has 9 heteroatoms. The molecule has 1 aromatic carbocycles. The van der Waals surface area contributed by atoms with Crippen molar-refractivity contribution in [2.75, 3.05) is 0 Å². The molecule has 1 aromatic rings. The van der Waals surface area contributed by atoms with E-state index in [4.69, 9.17) is 5.11 Å². The van der Waals surface area contributed by atoms with Crippen LogP contribution in [0.3, 0.4) is 0 Å². The molecule has 0 aliphatic heterocycles. The number of benzene rings is 1. The Morgan fingerprint density at radius 3 is 2.27 bits per heavy atom. The molecular formula is C13H18N2O6S. The maximum Gasteiger partial charge on any atom is 0.322 e. The number of non-ortho nitro benzene ring substituents is 1. The Labute approximate surface area is 128 Å². The van der Waals surface area contributed by atoms with Crippen LogP contribution in [0.1, 0.15) is 25.0 Å². The van der Waals surface area contributed by atoms with Crippen LogP contribution in [-0.2, 0) is 14.8 Å². The lowest BCUT2D eigenvalue weighted by Gasteiger charge is -2.19.